The fourth-order valence-corrected chi connectivity index (χ4v) is 4.74. The molecule has 0 aliphatic heterocycles. The van der Waals surface area contributed by atoms with E-state index in [4.69, 9.17) is 0 Å². The zero-order valence-corrected chi connectivity index (χ0v) is 20.1. The monoisotopic (exact) mass is 492 g/mol. The Kier molecular flexibility index (Phi) is 6.97. The van der Waals surface area contributed by atoms with Crippen molar-refractivity contribution in [3.63, 3.8) is 0 Å². The summed E-state index contributed by atoms with van der Waals surface area (Å²) in [5.74, 6) is 0.355. The summed E-state index contributed by atoms with van der Waals surface area (Å²) in [6, 6.07) is 18.2. The number of nitrogens with zero attached hydrogens (tertiary/aromatic N) is 2. The highest BCUT2D eigenvalue weighted by atomic mass is 32.2. The highest BCUT2D eigenvalue weighted by molar-refractivity contribution is 7.92. The van der Waals surface area contributed by atoms with E-state index < -0.39 is 21.7 Å². The van der Waals surface area contributed by atoms with E-state index in [1.54, 1.807) is 12.3 Å². The Balaban J connectivity index is 1.49. The van der Waals surface area contributed by atoms with Crippen molar-refractivity contribution in [2.24, 2.45) is 0 Å². The van der Waals surface area contributed by atoms with Crippen LogP contribution in [0.15, 0.2) is 90.1 Å². The second kappa shape index (κ2) is 10.1. The molecule has 4 rings (SSSR count). The maximum Gasteiger partial charge on any atom is 0.261 e. The zero-order chi connectivity index (χ0) is 25.0. The topological polar surface area (TPSA) is 93.1 Å². The third-order valence-electron chi connectivity index (χ3n) is 5.30. The molecule has 35 heavy (non-hydrogen) atoms. The van der Waals surface area contributed by atoms with Crippen LogP contribution in [0.1, 0.15) is 41.5 Å². The molecule has 0 fully saturated rings. The Morgan fingerprint density at radius 3 is 2.49 bits per heavy atom. The van der Waals surface area contributed by atoms with Crippen LogP contribution in [0, 0.1) is 5.82 Å². The molecule has 180 valence electrons. The minimum absolute atomic E-state index is 0.0791. The quantitative estimate of drug-likeness (QED) is 0.351. The van der Waals surface area contributed by atoms with E-state index in [-0.39, 0.29) is 22.1 Å². The first-order valence-electron chi connectivity index (χ1n) is 11.0. The standard InChI is InChI=1S/C26H25FN4O3S/c1-18(2)25-28-13-14-31(25)17-19-5-3-7-23(15-19)29-26(32)20-6-4-8-24(16-20)35(33,34)30-22-11-9-21(27)10-12-22/h3-16,18,30H,17H2,1-2H3,(H,29,32). The Labute approximate surface area is 203 Å². The van der Waals surface area contributed by atoms with Crippen molar-refractivity contribution in [1.82, 2.24) is 9.55 Å². The van der Waals surface area contributed by atoms with Crippen LogP contribution in [0.25, 0.3) is 0 Å². The molecule has 0 saturated heterocycles. The summed E-state index contributed by atoms with van der Waals surface area (Å²) in [7, 11) is -3.96. The van der Waals surface area contributed by atoms with Crippen molar-refractivity contribution >= 4 is 27.3 Å². The number of halogens is 1. The molecule has 0 atom stereocenters. The number of amides is 1. The van der Waals surface area contributed by atoms with Crippen LogP contribution >= 0.6 is 0 Å². The maximum absolute atomic E-state index is 13.1. The third kappa shape index (κ3) is 5.93. The van der Waals surface area contributed by atoms with E-state index in [0.717, 1.165) is 23.5 Å². The number of hydrogen-bond donors (Lipinski definition) is 2. The molecule has 0 unspecified atom stereocenters. The summed E-state index contributed by atoms with van der Waals surface area (Å²) in [6.07, 6.45) is 3.69. The van der Waals surface area contributed by atoms with Gasteiger partial charge in [-0.3, -0.25) is 9.52 Å². The van der Waals surface area contributed by atoms with Gasteiger partial charge in [0.05, 0.1) is 4.90 Å². The Bertz CT molecular complexity index is 1450. The third-order valence-corrected chi connectivity index (χ3v) is 6.68. The molecule has 0 spiro atoms. The number of aromatic nitrogens is 2. The van der Waals surface area contributed by atoms with Crippen LogP contribution < -0.4 is 10.0 Å². The zero-order valence-electron chi connectivity index (χ0n) is 19.3. The molecule has 0 aliphatic carbocycles. The van der Waals surface area contributed by atoms with Gasteiger partial charge in [0.15, 0.2) is 0 Å². The molecule has 4 aromatic rings. The van der Waals surface area contributed by atoms with Gasteiger partial charge < -0.3 is 9.88 Å². The first kappa shape index (κ1) is 24.2. The molecule has 0 radical (unpaired) electrons. The van der Waals surface area contributed by atoms with E-state index in [0.29, 0.717) is 12.2 Å². The fraction of sp³-hybridized carbons (Fsp3) is 0.154. The Hall–Kier alpha value is -3.98. The second-order valence-corrected chi connectivity index (χ2v) is 10.0. The maximum atomic E-state index is 13.1. The average Bonchev–Trinajstić information content (AvgIpc) is 3.29. The van der Waals surface area contributed by atoms with Crippen molar-refractivity contribution in [2.75, 3.05) is 10.0 Å². The van der Waals surface area contributed by atoms with Crippen LogP contribution in [0.4, 0.5) is 15.8 Å². The molecule has 3 aromatic carbocycles. The van der Waals surface area contributed by atoms with E-state index in [1.807, 2.05) is 24.4 Å². The number of nitrogens with one attached hydrogen (secondary N) is 2. The van der Waals surface area contributed by atoms with Gasteiger partial charge in [0, 0.05) is 41.8 Å². The summed E-state index contributed by atoms with van der Waals surface area (Å²) in [5, 5.41) is 2.83. The first-order chi connectivity index (χ1) is 16.7. The van der Waals surface area contributed by atoms with Crippen molar-refractivity contribution in [2.45, 2.75) is 31.2 Å². The van der Waals surface area contributed by atoms with Gasteiger partial charge in [0.25, 0.3) is 15.9 Å². The number of carbonyl (C=O) groups excluding carboxylic acids is 1. The highest BCUT2D eigenvalue weighted by Gasteiger charge is 2.17. The van der Waals surface area contributed by atoms with Gasteiger partial charge in [-0.15, -0.1) is 0 Å². The van der Waals surface area contributed by atoms with Crippen molar-refractivity contribution in [3.05, 3.63) is 108 Å². The minimum atomic E-state index is -3.96. The van der Waals surface area contributed by atoms with E-state index in [9.17, 15) is 17.6 Å². The molecule has 7 nitrogen and oxygen atoms in total. The molecule has 0 aliphatic rings. The number of sulfonamides is 1. The number of benzene rings is 3. The van der Waals surface area contributed by atoms with E-state index in [2.05, 4.69) is 33.4 Å². The molecule has 1 heterocycles. The van der Waals surface area contributed by atoms with Gasteiger partial charge in [-0.05, 0) is 60.2 Å². The lowest BCUT2D eigenvalue weighted by atomic mass is 10.1. The lowest BCUT2D eigenvalue weighted by molar-refractivity contribution is 0.102. The predicted molar refractivity (Wildman–Crippen MR) is 133 cm³/mol. The predicted octanol–water partition coefficient (Wildman–Crippen LogP) is 5.25. The van der Waals surface area contributed by atoms with Crippen molar-refractivity contribution in [3.8, 4) is 0 Å². The summed E-state index contributed by atoms with van der Waals surface area (Å²) in [4.78, 5) is 17.2. The first-order valence-corrected chi connectivity index (χ1v) is 12.5. The van der Waals surface area contributed by atoms with Crippen LogP contribution in [0.2, 0.25) is 0 Å². The molecule has 1 amide bonds. The van der Waals surface area contributed by atoms with Crippen LogP contribution in [0.3, 0.4) is 0 Å². The van der Waals surface area contributed by atoms with Crippen molar-refractivity contribution in [1.29, 1.82) is 0 Å². The van der Waals surface area contributed by atoms with Crippen LogP contribution in [0.5, 0.6) is 0 Å². The summed E-state index contributed by atoms with van der Waals surface area (Å²) >= 11 is 0. The summed E-state index contributed by atoms with van der Waals surface area (Å²) < 4.78 is 43.0. The van der Waals surface area contributed by atoms with E-state index in [1.165, 1.54) is 36.4 Å². The van der Waals surface area contributed by atoms with E-state index >= 15 is 0 Å². The normalized spacial score (nSPS) is 11.4. The number of anilines is 2. The summed E-state index contributed by atoms with van der Waals surface area (Å²) in [6.45, 7) is 4.78. The Morgan fingerprint density at radius 1 is 1.00 bits per heavy atom. The van der Waals surface area contributed by atoms with Gasteiger partial charge in [-0.2, -0.15) is 0 Å². The molecule has 0 saturated carbocycles. The molecular formula is C26H25FN4O3S. The SMILES string of the molecule is CC(C)c1nccn1Cc1cccc(NC(=O)c2cccc(S(=O)(=O)Nc3ccc(F)cc3)c2)c1. The summed E-state index contributed by atoms with van der Waals surface area (Å²) in [5.41, 5.74) is 1.99. The fourth-order valence-electron chi connectivity index (χ4n) is 3.64. The highest BCUT2D eigenvalue weighted by Crippen LogP contribution is 2.20. The lowest BCUT2D eigenvalue weighted by Crippen LogP contribution is -2.16. The lowest BCUT2D eigenvalue weighted by Gasteiger charge is -2.12. The Morgan fingerprint density at radius 2 is 1.74 bits per heavy atom. The number of carbonyl (C=O) groups is 1. The van der Waals surface area contributed by atoms with Crippen LogP contribution in [-0.2, 0) is 16.6 Å². The van der Waals surface area contributed by atoms with Gasteiger partial charge in [-0.25, -0.2) is 17.8 Å². The van der Waals surface area contributed by atoms with Crippen LogP contribution in [-0.4, -0.2) is 23.9 Å². The second-order valence-electron chi connectivity index (χ2n) is 8.36. The minimum Gasteiger partial charge on any atom is -0.330 e. The molecule has 0 bridgehead atoms. The largest absolute Gasteiger partial charge is 0.330 e. The van der Waals surface area contributed by atoms with Crippen molar-refractivity contribution < 1.29 is 17.6 Å². The number of imidazole rings is 1. The molecule has 9 heteroatoms. The van der Waals surface area contributed by atoms with Gasteiger partial charge >= 0.3 is 0 Å². The van der Waals surface area contributed by atoms with Gasteiger partial charge in [0.1, 0.15) is 11.6 Å². The molecule has 1 aromatic heterocycles. The molecule has 2 N–H and O–H groups in total. The van der Waals surface area contributed by atoms with Gasteiger partial charge in [0.2, 0.25) is 0 Å². The smallest absolute Gasteiger partial charge is 0.261 e. The average molecular weight is 493 g/mol. The number of rotatable bonds is 8. The molecular weight excluding hydrogens is 467 g/mol. The van der Waals surface area contributed by atoms with Gasteiger partial charge in [-0.1, -0.05) is 32.0 Å². The number of hydrogen-bond acceptors (Lipinski definition) is 4.